The molecule has 19 heavy (non-hydrogen) atoms. The van der Waals surface area contributed by atoms with E-state index in [1.165, 1.54) is 11.1 Å². The highest BCUT2D eigenvalue weighted by Gasteiger charge is 2.15. The van der Waals surface area contributed by atoms with Crippen LogP contribution >= 0.6 is 0 Å². The first-order valence-electron chi connectivity index (χ1n) is 6.21. The summed E-state index contributed by atoms with van der Waals surface area (Å²) in [6.45, 7) is 4.14. The molecule has 0 atom stereocenters. The van der Waals surface area contributed by atoms with E-state index in [9.17, 15) is 0 Å². The number of aromatic nitrogens is 4. The Balaban J connectivity index is 2.07. The van der Waals surface area contributed by atoms with E-state index >= 15 is 0 Å². The molecule has 0 radical (unpaired) electrons. The van der Waals surface area contributed by atoms with Gasteiger partial charge in [0.15, 0.2) is 5.69 Å². The monoisotopic (exact) mass is 251 g/mol. The van der Waals surface area contributed by atoms with Crippen molar-refractivity contribution in [3.05, 3.63) is 66.0 Å². The van der Waals surface area contributed by atoms with Gasteiger partial charge in [-0.3, -0.25) is 0 Å². The minimum absolute atomic E-state index is 0.990. The molecule has 0 aliphatic carbocycles. The molecule has 0 N–H and O–H groups in total. The van der Waals surface area contributed by atoms with Crippen molar-refractivity contribution in [2.75, 3.05) is 0 Å². The summed E-state index contributed by atoms with van der Waals surface area (Å²) in [6.07, 6.45) is 1.56. The van der Waals surface area contributed by atoms with Gasteiger partial charge in [-0.25, -0.2) is 0 Å². The van der Waals surface area contributed by atoms with Crippen molar-refractivity contribution < 1.29 is 4.80 Å². The van der Waals surface area contributed by atoms with Gasteiger partial charge in [-0.1, -0.05) is 35.4 Å². The predicted molar refractivity (Wildman–Crippen MR) is 72.4 cm³/mol. The summed E-state index contributed by atoms with van der Waals surface area (Å²) in [5.74, 6) is 0. The van der Waals surface area contributed by atoms with Crippen LogP contribution in [-0.4, -0.2) is 15.0 Å². The number of hydrogen-bond donors (Lipinski definition) is 0. The molecule has 0 aliphatic rings. The van der Waals surface area contributed by atoms with Crippen LogP contribution in [0.15, 0.2) is 54.9 Å². The maximum absolute atomic E-state index is 4.28. The molecule has 0 unspecified atom stereocenters. The fraction of sp³-hybridized carbons (Fsp3) is 0.133. The summed E-state index contributed by atoms with van der Waals surface area (Å²) in [4.78, 5) is 3.56. The lowest BCUT2D eigenvalue weighted by molar-refractivity contribution is -0.735. The summed E-state index contributed by atoms with van der Waals surface area (Å²) in [5, 5.41) is 8.57. The van der Waals surface area contributed by atoms with Gasteiger partial charge in [-0.15, -0.1) is 0 Å². The molecule has 0 saturated heterocycles. The minimum Gasteiger partial charge on any atom is -0.0570 e. The van der Waals surface area contributed by atoms with E-state index in [1.807, 2.05) is 24.3 Å². The topological polar surface area (TPSA) is 34.6 Å². The lowest BCUT2D eigenvalue weighted by atomic mass is 10.2. The van der Waals surface area contributed by atoms with Crippen molar-refractivity contribution in [3.63, 3.8) is 0 Å². The van der Waals surface area contributed by atoms with Crippen LogP contribution in [0.2, 0.25) is 0 Å². The van der Waals surface area contributed by atoms with E-state index < -0.39 is 0 Å². The highest BCUT2D eigenvalue weighted by atomic mass is 15.7. The third kappa shape index (κ3) is 2.25. The largest absolute Gasteiger partial charge is 0.297 e. The SMILES string of the molecule is Cc1ccc(-n2ncn[n+]2-c2ccc(C)cc2)cc1. The Morgan fingerprint density at radius 3 is 2.05 bits per heavy atom. The van der Waals surface area contributed by atoms with Crippen molar-refractivity contribution in [1.29, 1.82) is 0 Å². The van der Waals surface area contributed by atoms with E-state index in [0.717, 1.165) is 11.4 Å². The predicted octanol–water partition coefficient (Wildman–Crippen LogP) is 2.16. The van der Waals surface area contributed by atoms with Crippen LogP contribution in [-0.2, 0) is 0 Å². The number of nitrogens with zero attached hydrogens (tertiary/aromatic N) is 4. The molecule has 0 fully saturated rings. The first-order valence-corrected chi connectivity index (χ1v) is 6.21. The molecule has 3 rings (SSSR count). The third-order valence-corrected chi connectivity index (χ3v) is 3.03. The van der Waals surface area contributed by atoms with Gasteiger partial charge in [0.1, 0.15) is 5.69 Å². The molecule has 0 spiro atoms. The number of benzene rings is 2. The Morgan fingerprint density at radius 1 is 0.842 bits per heavy atom. The Kier molecular flexibility index (Phi) is 2.83. The van der Waals surface area contributed by atoms with E-state index in [-0.39, 0.29) is 0 Å². The second kappa shape index (κ2) is 4.65. The van der Waals surface area contributed by atoms with Crippen molar-refractivity contribution in [3.8, 4) is 11.4 Å². The normalized spacial score (nSPS) is 10.6. The second-order valence-corrected chi connectivity index (χ2v) is 4.60. The van der Waals surface area contributed by atoms with Gasteiger partial charge in [-0.05, 0) is 48.0 Å². The molecule has 3 aromatic rings. The summed E-state index contributed by atoms with van der Waals surface area (Å²) in [6, 6.07) is 16.4. The van der Waals surface area contributed by atoms with Crippen LogP contribution in [0.4, 0.5) is 0 Å². The molecule has 1 heterocycles. The molecule has 4 heteroatoms. The molecule has 0 amide bonds. The summed E-state index contributed by atoms with van der Waals surface area (Å²) >= 11 is 0. The fourth-order valence-electron chi connectivity index (χ4n) is 1.93. The van der Waals surface area contributed by atoms with Crippen LogP contribution in [0, 0.1) is 13.8 Å². The summed E-state index contributed by atoms with van der Waals surface area (Å²) in [5.41, 5.74) is 4.43. The average molecular weight is 251 g/mol. The Bertz CT molecular complexity index is 621. The van der Waals surface area contributed by atoms with Crippen molar-refractivity contribution >= 4 is 0 Å². The van der Waals surface area contributed by atoms with E-state index in [4.69, 9.17) is 0 Å². The molecular formula is C15H15N4+. The van der Waals surface area contributed by atoms with E-state index in [2.05, 4.69) is 48.3 Å². The Labute approximate surface area is 111 Å². The van der Waals surface area contributed by atoms with Gasteiger partial charge in [-0.2, -0.15) is 0 Å². The highest BCUT2D eigenvalue weighted by Crippen LogP contribution is 2.07. The Morgan fingerprint density at radius 2 is 1.42 bits per heavy atom. The molecular weight excluding hydrogens is 236 g/mol. The number of aryl methyl sites for hydroxylation is 2. The molecule has 94 valence electrons. The molecule has 0 bridgehead atoms. The zero-order chi connectivity index (χ0) is 13.2. The lowest BCUT2D eigenvalue weighted by Crippen LogP contribution is -2.43. The van der Waals surface area contributed by atoms with Crippen molar-refractivity contribution in [2.45, 2.75) is 13.8 Å². The zero-order valence-corrected chi connectivity index (χ0v) is 11.0. The molecule has 0 saturated carbocycles. The lowest BCUT2D eigenvalue weighted by Gasteiger charge is -2.00. The minimum atomic E-state index is 0.990. The smallest absolute Gasteiger partial charge is 0.0570 e. The average Bonchev–Trinajstić information content (AvgIpc) is 2.90. The molecule has 1 aromatic heterocycles. The number of rotatable bonds is 2. The van der Waals surface area contributed by atoms with Crippen LogP contribution in [0.25, 0.3) is 11.4 Å². The molecule has 4 nitrogen and oxygen atoms in total. The van der Waals surface area contributed by atoms with Gasteiger partial charge in [0.25, 0.3) is 6.33 Å². The maximum atomic E-state index is 4.28. The molecule has 2 aromatic carbocycles. The highest BCUT2D eigenvalue weighted by molar-refractivity contribution is 5.32. The van der Waals surface area contributed by atoms with Crippen LogP contribution in [0.5, 0.6) is 0 Å². The van der Waals surface area contributed by atoms with Gasteiger partial charge in [0, 0.05) is 4.80 Å². The fourth-order valence-corrected chi connectivity index (χ4v) is 1.93. The summed E-state index contributed by atoms with van der Waals surface area (Å²) in [7, 11) is 0. The summed E-state index contributed by atoms with van der Waals surface area (Å²) < 4.78 is 0. The standard InChI is InChI=1S/C15H15N4/c1-12-3-7-14(8-4-12)18-16-11-17-19(18)15-9-5-13(2)6-10-15/h3-11H,1-2H3/q+1. The van der Waals surface area contributed by atoms with Crippen molar-refractivity contribution in [2.24, 2.45) is 0 Å². The van der Waals surface area contributed by atoms with E-state index in [0.29, 0.717) is 0 Å². The maximum Gasteiger partial charge on any atom is 0.297 e. The van der Waals surface area contributed by atoms with Gasteiger partial charge >= 0.3 is 0 Å². The van der Waals surface area contributed by atoms with Gasteiger partial charge < -0.3 is 0 Å². The number of hydrogen-bond acceptors (Lipinski definition) is 2. The van der Waals surface area contributed by atoms with Crippen LogP contribution in [0.1, 0.15) is 11.1 Å². The first-order chi connectivity index (χ1) is 9.24. The van der Waals surface area contributed by atoms with Crippen LogP contribution in [0.3, 0.4) is 0 Å². The first kappa shape index (κ1) is 11.6. The van der Waals surface area contributed by atoms with E-state index in [1.54, 1.807) is 15.9 Å². The van der Waals surface area contributed by atoms with Crippen molar-refractivity contribution in [1.82, 2.24) is 15.0 Å². The Hall–Kier alpha value is -2.49. The second-order valence-electron chi connectivity index (χ2n) is 4.60. The van der Waals surface area contributed by atoms with Gasteiger partial charge in [0.2, 0.25) is 0 Å². The van der Waals surface area contributed by atoms with Crippen LogP contribution < -0.4 is 4.80 Å². The van der Waals surface area contributed by atoms with Gasteiger partial charge in [0.05, 0.1) is 5.10 Å². The quantitative estimate of drug-likeness (QED) is 0.654. The number of tetrazole rings is 1. The third-order valence-electron chi connectivity index (χ3n) is 3.03. The zero-order valence-electron chi connectivity index (χ0n) is 11.0. The molecule has 0 aliphatic heterocycles.